The van der Waals surface area contributed by atoms with E-state index in [1.165, 1.54) is 0 Å². The minimum atomic E-state index is -3.73. The van der Waals surface area contributed by atoms with Crippen molar-refractivity contribution in [3.05, 3.63) is 101 Å². The van der Waals surface area contributed by atoms with Crippen molar-refractivity contribution in [2.45, 2.75) is 37.8 Å². The van der Waals surface area contributed by atoms with E-state index in [2.05, 4.69) is 4.72 Å². The quantitative estimate of drug-likeness (QED) is 0.653. The minimum Gasteiger partial charge on any atom is -0.322 e. The normalized spacial score (nSPS) is 13.9. The summed E-state index contributed by atoms with van der Waals surface area (Å²) in [6.45, 7) is 5.92. The van der Waals surface area contributed by atoms with Gasteiger partial charge in [0, 0.05) is 0 Å². The number of hydrogen-bond donors (Lipinski definition) is 2. The predicted molar refractivity (Wildman–Crippen MR) is 114 cm³/mol. The van der Waals surface area contributed by atoms with E-state index >= 15 is 0 Å². The van der Waals surface area contributed by atoms with E-state index < -0.39 is 22.1 Å². The van der Waals surface area contributed by atoms with Crippen molar-refractivity contribution >= 4 is 10.0 Å². The van der Waals surface area contributed by atoms with Gasteiger partial charge in [-0.05, 0) is 44.0 Å². The van der Waals surface area contributed by atoms with Crippen LogP contribution in [0.25, 0.3) is 0 Å². The molecule has 0 bridgehead atoms. The van der Waals surface area contributed by atoms with Crippen LogP contribution in [0.5, 0.6) is 0 Å². The van der Waals surface area contributed by atoms with Crippen molar-refractivity contribution in [1.29, 1.82) is 0 Å². The molecule has 2 atom stereocenters. The Labute approximate surface area is 167 Å². The fourth-order valence-electron chi connectivity index (χ4n) is 3.06. The molecule has 0 amide bonds. The summed E-state index contributed by atoms with van der Waals surface area (Å²) < 4.78 is 28.9. The Morgan fingerprint density at radius 2 is 1.07 bits per heavy atom. The summed E-state index contributed by atoms with van der Waals surface area (Å²) in [5.74, 6) is 0. The molecule has 0 aromatic heterocycles. The highest BCUT2D eigenvalue weighted by molar-refractivity contribution is 7.89. The van der Waals surface area contributed by atoms with E-state index in [1.54, 1.807) is 24.3 Å². The maximum atomic E-state index is 13.0. The van der Waals surface area contributed by atoms with Gasteiger partial charge in [-0.3, -0.25) is 0 Å². The molecular formula is C23H26N2O2S. The average Bonchev–Trinajstić information content (AvgIpc) is 2.67. The number of rotatable bonds is 6. The van der Waals surface area contributed by atoms with Gasteiger partial charge in [-0.15, -0.1) is 0 Å². The number of nitrogens with one attached hydrogen (secondary N) is 1. The largest absolute Gasteiger partial charge is 0.322 e. The Morgan fingerprint density at radius 3 is 1.54 bits per heavy atom. The van der Waals surface area contributed by atoms with Crippen LogP contribution in [0, 0.1) is 20.8 Å². The van der Waals surface area contributed by atoms with Crippen LogP contribution < -0.4 is 10.5 Å². The van der Waals surface area contributed by atoms with Gasteiger partial charge in [0.1, 0.15) is 0 Å². The van der Waals surface area contributed by atoms with Gasteiger partial charge in [-0.1, -0.05) is 77.4 Å². The zero-order chi connectivity index (χ0) is 20.3. The molecule has 28 heavy (non-hydrogen) atoms. The lowest BCUT2D eigenvalue weighted by molar-refractivity contribution is 0.504. The molecule has 0 spiro atoms. The molecule has 0 saturated carbocycles. The summed E-state index contributed by atoms with van der Waals surface area (Å²) in [7, 11) is -3.73. The van der Waals surface area contributed by atoms with Crippen molar-refractivity contribution in [3.8, 4) is 0 Å². The topological polar surface area (TPSA) is 72.2 Å². The summed E-state index contributed by atoms with van der Waals surface area (Å²) in [5, 5.41) is 0. The highest BCUT2D eigenvalue weighted by atomic mass is 32.2. The van der Waals surface area contributed by atoms with Crippen molar-refractivity contribution in [3.63, 3.8) is 0 Å². The van der Waals surface area contributed by atoms with Crippen molar-refractivity contribution in [2.75, 3.05) is 0 Å². The molecular weight excluding hydrogens is 368 g/mol. The molecule has 3 aromatic carbocycles. The van der Waals surface area contributed by atoms with Crippen LogP contribution in [-0.2, 0) is 10.0 Å². The second-order valence-electron chi connectivity index (χ2n) is 7.26. The molecule has 0 radical (unpaired) electrons. The fourth-order valence-corrected chi connectivity index (χ4v) is 4.30. The Morgan fingerprint density at radius 1 is 0.679 bits per heavy atom. The van der Waals surface area contributed by atoms with Crippen LogP contribution in [0.2, 0.25) is 0 Å². The molecule has 146 valence electrons. The summed E-state index contributed by atoms with van der Waals surface area (Å²) in [5.41, 5.74) is 11.5. The summed E-state index contributed by atoms with van der Waals surface area (Å²) in [4.78, 5) is 0.228. The first-order valence-corrected chi connectivity index (χ1v) is 10.7. The Bertz CT molecular complexity index is 1030. The van der Waals surface area contributed by atoms with E-state index in [-0.39, 0.29) is 4.90 Å². The second kappa shape index (κ2) is 8.27. The lowest BCUT2D eigenvalue weighted by atomic mass is 9.94. The van der Waals surface area contributed by atoms with E-state index in [4.69, 9.17) is 5.73 Å². The van der Waals surface area contributed by atoms with Gasteiger partial charge in [0.15, 0.2) is 0 Å². The molecule has 3 rings (SSSR count). The minimum absolute atomic E-state index is 0.228. The maximum Gasteiger partial charge on any atom is 0.241 e. The Balaban J connectivity index is 1.99. The molecule has 3 aromatic rings. The first kappa shape index (κ1) is 20.3. The molecule has 4 nitrogen and oxygen atoms in total. The Hall–Kier alpha value is -2.47. The predicted octanol–water partition coefficient (Wildman–Crippen LogP) is 4.33. The van der Waals surface area contributed by atoms with Gasteiger partial charge < -0.3 is 5.73 Å². The lowest BCUT2D eigenvalue weighted by Gasteiger charge is -2.26. The van der Waals surface area contributed by atoms with E-state index in [0.717, 1.165) is 27.8 Å². The van der Waals surface area contributed by atoms with Gasteiger partial charge in [0.25, 0.3) is 0 Å². The fraction of sp³-hybridized carbons (Fsp3) is 0.217. The van der Waals surface area contributed by atoms with Gasteiger partial charge in [-0.25, -0.2) is 13.1 Å². The monoisotopic (exact) mass is 394 g/mol. The number of nitrogens with two attached hydrogens (primary N) is 1. The van der Waals surface area contributed by atoms with E-state index in [0.29, 0.717) is 0 Å². The number of hydrogen-bond acceptors (Lipinski definition) is 3. The van der Waals surface area contributed by atoms with E-state index in [9.17, 15) is 8.42 Å². The number of sulfonamides is 1. The number of benzene rings is 3. The molecule has 0 saturated heterocycles. The highest BCUT2D eigenvalue weighted by Gasteiger charge is 2.27. The van der Waals surface area contributed by atoms with Crippen LogP contribution in [0.1, 0.15) is 39.9 Å². The average molecular weight is 395 g/mol. The van der Waals surface area contributed by atoms with Gasteiger partial charge >= 0.3 is 0 Å². The standard InChI is InChI=1S/C23H26N2O2S/c1-16-4-10-19(11-5-16)22(24)23(20-12-6-17(2)7-13-20)25-28(26,27)21-14-8-18(3)9-15-21/h4-15,22-23,25H,24H2,1-3H3/t22-,23-/m0/s1. The molecule has 0 aliphatic carbocycles. The van der Waals surface area contributed by atoms with Crippen molar-refractivity contribution in [2.24, 2.45) is 5.73 Å². The smallest absolute Gasteiger partial charge is 0.241 e. The second-order valence-corrected chi connectivity index (χ2v) is 8.97. The first-order valence-electron chi connectivity index (χ1n) is 9.24. The van der Waals surface area contributed by atoms with Crippen LogP contribution in [0.4, 0.5) is 0 Å². The van der Waals surface area contributed by atoms with Crippen LogP contribution in [0.3, 0.4) is 0 Å². The molecule has 0 fully saturated rings. The van der Waals surface area contributed by atoms with Gasteiger partial charge in [-0.2, -0.15) is 0 Å². The third-order valence-electron chi connectivity index (χ3n) is 4.87. The maximum absolute atomic E-state index is 13.0. The van der Waals surface area contributed by atoms with E-state index in [1.807, 2.05) is 69.3 Å². The van der Waals surface area contributed by atoms with Crippen LogP contribution in [-0.4, -0.2) is 8.42 Å². The highest BCUT2D eigenvalue weighted by Crippen LogP contribution is 2.29. The molecule has 5 heteroatoms. The third kappa shape index (κ3) is 4.68. The molecule has 3 N–H and O–H groups in total. The lowest BCUT2D eigenvalue weighted by Crippen LogP contribution is -2.36. The van der Waals surface area contributed by atoms with Gasteiger partial charge in [0.2, 0.25) is 10.0 Å². The SMILES string of the molecule is Cc1ccc([C@H](N)[C@@H](NS(=O)(=O)c2ccc(C)cc2)c2ccc(C)cc2)cc1. The van der Waals surface area contributed by atoms with Crippen molar-refractivity contribution in [1.82, 2.24) is 4.72 Å². The van der Waals surface area contributed by atoms with Gasteiger partial charge in [0.05, 0.1) is 17.0 Å². The van der Waals surface area contributed by atoms with Crippen molar-refractivity contribution < 1.29 is 8.42 Å². The summed E-state index contributed by atoms with van der Waals surface area (Å²) >= 11 is 0. The van der Waals surface area contributed by atoms with Crippen LogP contribution in [0.15, 0.2) is 77.7 Å². The zero-order valence-electron chi connectivity index (χ0n) is 16.4. The third-order valence-corrected chi connectivity index (χ3v) is 6.33. The molecule has 0 unspecified atom stereocenters. The summed E-state index contributed by atoms with van der Waals surface area (Å²) in [6, 6.07) is 21.3. The summed E-state index contributed by atoms with van der Waals surface area (Å²) in [6.07, 6.45) is 0. The number of aryl methyl sites for hydroxylation is 3. The van der Waals surface area contributed by atoms with Crippen LogP contribution >= 0.6 is 0 Å². The first-order chi connectivity index (χ1) is 13.3. The zero-order valence-corrected chi connectivity index (χ0v) is 17.2. The Kier molecular flexibility index (Phi) is 5.98. The molecule has 0 aliphatic heterocycles. The molecule has 0 heterocycles. The molecule has 0 aliphatic rings.